The van der Waals surface area contributed by atoms with E-state index in [1.165, 1.54) is 0 Å². The number of hydrogen-bond acceptors (Lipinski definition) is 4. The Bertz CT molecular complexity index is 614. The number of carbonyl (C=O) groups is 1. The normalized spacial score (nSPS) is 20.5. The predicted octanol–water partition coefficient (Wildman–Crippen LogP) is 1.36. The minimum absolute atomic E-state index is 0. The van der Waals surface area contributed by atoms with Gasteiger partial charge in [0.2, 0.25) is 0 Å². The van der Waals surface area contributed by atoms with Crippen LogP contribution in [0.1, 0.15) is 28.8 Å². The summed E-state index contributed by atoms with van der Waals surface area (Å²) in [6.07, 6.45) is 2.22. The Morgan fingerprint density at radius 2 is 2.12 bits per heavy atom. The van der Waals surface area contributed by atoms with Crippen molar-refractivity contribution in [3.63, 3.8) is 0 Å². The van der Waals surface area contributed by atoms with E-state index < -0.39 is 0 Å². The van der Waals surface area contributed by atoms with E-state index in [-0.39, 0.29) is 36.0 Å². The first-order valence-corrected chi connectivity index (χ1v) is 8.84. The number of ether oxygens (including phenoxy) is 2. The fraction of sp³-hybridized carbons (Fsp3) is 0.556. The van der Waals surface area contributed by atoms with E-state index in [2.05, 4.69) is 10.3 Å². The number of rotatable bonds is 5. The highest BCUT2D eigenvalue weighted by atomic mass is 127. The van der Waals surface area contributed by atoms with Crippen molar-refractivity contribution < 1.29 is 14.3 Å². The van der Waals surface area contributed by atoms with Crippen molar-refractivity contribution in [2.24, 2.45) is 10.7 Å². The summed E-state index contributed by atoms with van der Waals surface area (Å²) in [4.78, 5) is 18.7. The highest BCUT2D eigenvalue weighted by molar-refractivity contribution is 14.0. The standard InChI is InChI=1S/C18H26N4O3.HI/c19-18(22-6-9-24-10-7-22)21-12-14-3-1-4-15(11-14)17(23)20-13-16-5-2-8-25-16;/h1,3-4,11,16H,2,5-10,12-13H2,(H2,19,21)(H,20,23);1H. The Labute approximate surface area is 171 Å². The summed E-state index contributed by atoms with van der Waals surface area (Å²) < 4.78 is 10.8. The zero-order chi connectivity index (χ0) is 17.5. The number of morpholine rings is 1. The molecule has 1 amide bonds. The number of amides is 1. The quantitative estimate of drug-likeness (QED) is 0.382. The topological polar surface area (TPSA) is 89.2 Å². The van der Waals surface area contributed by atoms with E-state index in [1.54, 1.807) is 0 Å². The molecule has 2 aliphatic rings. The third-order valence-corrected chi connectivity index (χ3v) is 4.46. The molecule has 1 atom stereocenters. The molecule has 1 unspecified atom stereocenters. The summed E-state index contributed by atoms with van der Waals surface area (Å²) in [5.41, 5.74) is 7.63. The molecule has 2 heterocycles. The molecule has 0 spiro atoms. The molecule has 26 heavy (non-hydrogen) atoms. The van der Waals surface area contributed by atoms with Gasteiger partial charge < -0.3 is 25.4 Å². The van der Waals surface area contributed by atoms with Gasteiger partial charge in [0.1, 0.15) is 0 Å². The first kappa shape index (κ1) is 20.9. The van der Waals surface area contributed by atoms with Crippen LogP contribution in [0.15, 0.2) is 29.3 Å². The molecule has 0 bridgehead atoms. The lowest BCUT2D eigenvalue weighted by Gasteiger charge is -2.27. The van der Waals surface area contributed by atoms with Gasteiger partial charge in [-0.1, -0.05) is 12.1 Å². The number of benzene rings is 1. The number of hydrogen-bond donors (Lipinski definition) is 2. The lowest BCUT2D eigenvalue weighted by atomic mass is 10.1. The van der Waals surface area contributed by atoms with Crippen molar-refractivity contribution in [3.05, 3.63) is 35.4 Å². The first-order valence-electron chi connectivity index (χ1n) is 8.84. The van der Waals surface area contributed by atoms with Gasteiger partial charge in [-0.3, -0.25) is 4.79 Å². The zero-order valence-corrected chi connectivity index (χ0v) is 17.2. The van der Waals surface area contributed by atoms with Crippen molar-refractivity contribution >= 4 is 35.8 Å². The van der Waals surface area contributed by atoms with Gasteiger partial charge in [0.25, 0.3) is 5.91 Å². The van der Waals surface area contributed by atoms with E-state index >= 15 is 0 Å². The van der Waals surface area contributed by atoms with Crippen molar-refractivity contribution in [1.82, 2.24) is 10.2 Å². The van der Waals surface area contributed by atoms with Crippen LogP contribution in [0.5, 0.6) is 0 Å². The Hall–Kier alpha value is -1.39. The Balaban J connectivity index is 0.00000243. The third kappa shape index (κ3) is 6.10. The molecule has 2 aliphatic heterocycles. The average Bonchev–Trinajstić information content (AvgIpc) is 3.19. The van der Waals surface area contributed by atoms with Crippen LogP contribution < -0.4 is 11.1 Å². The van der Waals surface area contributed by atoms with Crippen LogP contribution in [0.3, 0.4) is 0 Å². The smallest absolute Gasteiger partial charge is 0.251 e. The summed E-state index contributed by atoms with van der Waals surface area (Å²) >= 11 is 0. The lowest BCUT2D eigenvalue weighted by Crippen LogP contribution is -2.44. The predicted molar refractivity (Wildman–Crippen MR) is 111 cm³/mol. The van der Waals surface area contributed by atoms with E-state index in [0.29, 0.717) is 37.8 Å². The number of nitrogens with zero attached hydrogens (tertiary/aromatic N) is 2. The molecule has 0 radical (unpaired) electrons. The van der Waals surface area contributed by atoms with Gasteiger partial charge in [-0.2, -0.15) is 0 Å². The summed E-state index contributed by atoms with van der Waals surface area (Å²) in [5, 5.41) is 2.94. The van der Waals surface area contributed by atoms with Gasteiger partial charge in [-0.25, -0.2) is 4.99 Å². The van der Waals surface area contributed by atoms with Crippen molar-refractivity contribution in [2.45, 2.75) is 25.5 Å². The molecule has 0 aliphatic carbocycles. The summed E-state index contributed by atoms with van der Waals surface area (Å²) in [6, 6.07) is 7.49. The molecule has 7 nitrogen and oxygen atoms in total. The second-order valence-corrected chi connectivity index (χ2v) is 6.32. The van der Waals surface area contributed by atoms with Gasteiger partial charge in [0, 0.05) is 31.8 Å². The molecular formula is C18H27IN4O3. The van der Waals surface area contributed by atoms with Crippen LogP contribution in [0, 0.1) is 0 Å². The van der Waals surface area contributed by atoms with Crippen LogP contribution in [0.4, 0.5) is 0 Å². The number of nitrogens with two attached hydrogens (primary N) is 1. The molecular weight excluding hydrogens is 447 g/mol. The zero-order valence-electron chi connectivity index (χ0n) is 14.9. The van der Waals surface area contributed by atoms with Gasteiger partial charge >= 0.3 is 0 Å². The number of aliphatic imine (C=N–C) groups is 1. The number of halogens is 1. The largest absolute Gasteiger partial charge is 0.378 e. The van der Waals surface area contributed by atoms with Crippen molar-refractivity contribution in [3.8, 4) is 0 Å². The molecule has 1 aromatic carbocycles. The molecule has 1 aromatic rings. The summed E-state index contributed by atoms with van der Waals surface area (Å²) in [7, 11) is 0. The molecule has 2 fully saturated rings. The fourth-order valence-corrected chi connectivity index (χ4v) is 2.99. The van der Waals surface area contributed by atoms with Crippen molar-refractivity contribution in [2.75, 3.05) is 39.5 Å². The van der Waals surface area contributed by atoms with Crippen LogP contribution in [-0.2, 0) is 16.0 Å². The SMILES string of the molecule is I.NC(=NCc1cccc(C(=O)NCC2CCCO2)c1)N1CCOCC1. The lowest BCUT2D eigenvalue weighted by molar-refractivity contribution is 0.0674. The monoisotopic (exact) mass is 474 g/mol. The Morgan fingerprint density at radius 3 is 2.85 bits per heavy atom. The minimum atomic E-state index is -0.0810. The third-order valence-electron chi connectivity index (χ3n) is 4.46. The molecule has 3 rings (SSSR count). The van der Waals surface area contributed by atoms with Crippen LogP contribution in [0.25, 0.3) is 0 Å². The van der Waals surface area contributed by atoms with Gasteiger partial charge in [0.15, 0.2) is 5.96 Å². The summed E-state index contributed by atoms with van der Waals surface area (Å²) in [5.74, 6) is 0.444. The summed E-state index contributed by atoms with van der Waals surface area (Å²) in [6.45, 7) is 4.69. The Kier molecular flexibility index (Phi) is 8.60. The van der Waals surface area contributed by atoms with E-state index in [1.807, 2.05) is 29.2 Å². The van der Waals surface area contributed by atoms with Gasteiger partial charge in [-0.05, 0) is 30.5 Å². The van der Waals surface area contributed by atoms with Crippen LogP contribution in [0.2, 0.25) is 0 Å². The van der Waals surface area contributed by atoms with Gasteiger partial charge in [-0.15, -0.1) is 24.0 Å². The first-order chi connectivity index (χ1) is 12.2. The van der Waals surface area contributed by atoms with Crippen molar-refractivity contribution in [1.29, 1.82) is 0 Å². The maximum atomic E-state index is 12.3. The maximum Gasteiger partial charge on any atom is 0.251 e. The van der Waals surface area contributed by atoms with Crippen LogP contribution >= 0.6 is 24.0 Å². The molecule has 2 saturated heterocycles. The second-order valence-electron chi connectivity index (χ2n) is 6.32. The molecule has 8 heteroatoms. The fourth-order valence-electron chi connectivity index (χ4n) is 2.99. The highest BCUT2D eigenvalue weighted by Crippen LogP contribution is 2.11. The van der Waals surface area contributed by atoms with Crippen LogP contribution in [-0.4, -0.2) is 62.3 Å². The number of guanidine groups is 1. The van der Waals surface area contributed by atoms with E-state index in [4.69, 9.17) is 15.2 Å². The molecule has 0 saturated carbocycles. The average molecular weight is 474 g/mol. The molecule has 3 N–H and O–H groups in total. The highest BCUT2D eigenvalue weighted by Gasteiger charge is 2.17. The number of nitrogens with one attached hydrogen (secondary N) is 1. The molecule has 144 valence electrons. The minimum Gasteiger partial charge on any atom is -0.378 e. The molecule has 0 aromatic heterocycles. The second kappa shape index (κ2) is 10.7. The Morgan fingerprint density at radius 1 is 1.31 bits per heavy atom. The van der Waals surface area contributed by atoms with Gasteiger partial charge in [0.05, 0.1) is 25.9 Å². The maximum absolute atomic E-state index is 12.3. The van der Waals surface area contributed by atoms with E-state index in [9.17, 15) is 4.79 Å². The van der Waals surface area contributed by atoms with E-state index in [0.717, 1.165) is 38.1 Å². The number of carbonyl (C=O) groups excluding carboxylic acids is 1.